The Bertz CT molecular complexity index is 593. The highest BCUT2D eigenvalue weighted by molar-refractivity contribution is 6.31. The van der Waals surface area contributed by atoms with E-state index in [-0.39, 0.29) is 11.6 Å². The van der Waals surface area contributed by atoms with Crippen molar-refractivity contribution in [3.05, 3.63) is 71.4 Å². The molecule has 0 radical (unpaired) electrons. The van der Waals surface area contributed by atoms with Crippen LogP contribution in [0.2, 0.25) is 0 Å². The van der Waals surface area contributed by atoms with Crippen molar-refractivity contribution in [3.8, 4) is 0 Å². The maximum Gasteiger partial charge on any atom is 0.194 e. The lowest BCUT2D eigenvalue weighted by molar-refractivity contribution is -0.116. The molecule has 0 aromatic heterocycles. The van der Waals surface area contributed by atoms with Crippen LogP contribution in [0.1, 0.15) is 27.2 Å². The predicted molar refractivity (Wildman–Crippen MR) is 83.3 cm³/mol. The largest absolute Gasteiger partial charge is 0.289 e. The van der Waals surface area contributed by atoms with Crippen molar-refractivity contribution in [2.45, 2.75) is 27.2 Å². The molecule has 0 unspecified atom stereocenters. The minimum absolute atomic E-state index is 0.149. The van der Waals surface area contributed by atoms with Gasteiger partial charge in [-0.2, -0.15) is 0 Å². The topological polar surface area (TPSA) is 34.1 Å². The first-order valence-corrected chi connectivity index (χ1v) is 6.65. The van der Waals surface area contributed by atoms with Crippen LogP contribution < -0.4 is 0 Å². The Kier molecular flexibility index (Phi) is 5.39. The number of rotatable bonds is 4. The fourth-order valence-corrected chi connectivity index (χ4v) is 2.12. The van der Waals surface area contributed by atoms with Crippen molar-refractivity contribution in [2.75, 3.05) is 0 Å². The second kappa shape index (κ2) is 6.80. The van der Waals surface area contributed by atoms with E-state index in [1.54, 1.807) is 12.2 Å². The van der Waals surface area contributed by atoms with E-state index in [9.17, 15) is 9.59 Å². The Morgan fingerprint density at radius 2 is 1.65 bits per heavy atom. The third kappa shape index (κ3) is 2.69. The van der Waals surface area contributed by atoms with Crippen LogP contribution in [-0.2, 0) is 9.59 Å². The molecule has 0 fully saturated rings. The normalized spacial score (nSPS) is 20.9. The van der Waals surface area contributed by atoms with Gasteiger partial charge in [-0.1, -0.05) is 56.0 Å². The molecule has 0 spiro atoms. The Morgan fingerprint density at radius 1 is 1.10 bits per heavy atom. The van der Waals surface area contributed by atoms with E-state index in [0.717, 1.165) is 12.0 Å². The highest BCUT2D eigenvalue weighted by Gasteiger charge is 2.32. The zero-order valence-electron chi connectivity index (χ0n) is 12.3. The molecule has 0 N–H and O–H groups in total. The maximum absolute atomic E-state index is 12.6. The van der Waals surface area contributed by atoms with Gasteiger partial charge in [-0.25, -0.2) is 0 Å². The van der Waals surface area contributed by atoms with Gasteiger partial charge in [0.1, 0.15) is 0 Å². The molecule has 0 aliphatic heterocycles. The number of allylic oxidation sites excluding steroid dienone is 10. The van der Waals surface area contributed by atoms with Crippen LogP contribution in [0.5, 0.6) is 0 Å². The van der Waals surface area contributed by atoms with Crippen molar-refractivity contribution in [2.24, 2.45) is 0 Å². The Morgan fingerprint density at radius 3 is 2.10 bits per heavy atom. The van der Waals surface area contributed by atoms with E-state index in [0.29, 0.717) is 22.3 Å². The van der Waals surface area contributed by atoms with E-state index >= 15 is 0 Å². The van der Waals surface area contributed by atoms with Crippen LogP contribution in [0.4, 0.5) is 0 Å². The number of hydrogen-bond acceptors (Lipinski definition) is 2. The summed E-state index contributed by atoms with van der Waals surface area (Å²) in [6.45, 7) is 13.0. The van der Waals surface area contributed by atoms with Gasteiger partial charge in [0.25, 0.3) is 0 Å². The number of ketones is 2. The molecule has 0 saturated carbocycles. The summed E-state index contributed by atoms with van der Waals surface area (Å²) < 4.78 is 0. The van der Waals surface area contributed by atoms with E-state index in [1.165, 1.54) is 12.2 Å². The summed E-state index contributed by atoms with van der Waals surface area (Å²) in [7, 11) is 0. The molecule has 0 saturated heterocycles. The number of Topliss-reactive ketones (excluding diaryl/α,β-unsaturated/α-hetero) is 2. The van der Waals surface area contributed by atoms with E-state index in [1.807, 2.05) is 26.8 Å². The SMILES string of the molecule is C=CC1=C(C=C)C(=O)C(=C/C=C\C)/C(=C(\C)CC)C1=O. The molecule has 0 bridgehead atoms. The number of carbonyl (C=O) groups excluding carboxylic acids is 2. The van der Waals surface area contributed by atoms with Crippen molar-refractivity contribution < 1.29 is 9.59 Å². The molecule has 0 aromatic carbocycles. The molecular weight excluding hydrogens is 248 g/mol. The van der Waals surface area contributed by atoms with Gasteiger partial charge in [0.2, 0.25) is 0 Å². The zero-order valence-corrected chi connectivity index (χ0v) is 12.3. The average molecular weight is 268 g/mol. The first-order chi connectivity index (χ1) is 9.53. The average Bonchev–Trinajstić information content (AvgIpc) is 2.46. The summed E-state index contributed by atoms with van der Waals surface area (Å²) in [6, 6.07) is 0. The van der Waals surface area contributed by atoms with Crippen LogP contribution in [0.3, 0.4) is 0 Å². The minimum atomic E-state index is -0.171. The molecule has 20 heavy (non-hydrogen) atoms. The van der Waals surface area contributed by atoms with E-state index < -0.39 is 0 Å². The first kappa shape index (κ1) is 15.8. The lowest BCUT2D eigenvalue weighted by Gasteiger charge is -2.21. The van der Waals surface area contributed by atoms with Gasteiger partial charge < -0.3 is 0 Å². The highest BCUT2D eigenvalue weighted by Crippen LogP contribution is 2.32. The molecule has 1 aliphatic carbocycles. The zero-order chi connectivity index (χ0) is 15.3. The fraction of sp³-hybridized carbons (Fsp3) is 0.222. The van der Waals surface area contributed by atoms with Gasteiger partial charge in [-0.05, 0) is 20.3 Å². The summed E-state index contributed by atoms with van der Waals surface area (Å²) in [5, 5.41) is 0. The summed E-state index contributed by atoms with van der Waals surface area (Å²) in [5.41, 5.74) is 2.50. The summed E-state index contributed by atoms with van der Waals surface area (Å²) in [5.74, 6) is -0.319. The molecule has 0 atom stereocenters. The molecule has 104 valence electrons. The maximum atomic E-state index is 12.6. The second-order valence-corrected chi connectivity index (χ2v) is 4.51. The number of hydrogen-bond donors (Lipinski definition) is 0. The van der Waals surface area contributed by atoms with Gasteiger partial charge in [0.05, 0.1) is 0 Å². The number of carbonyl (C=O) groups is 2. The molecule has 0 heterocycles. The molecule has 1 rings (SSSR count). The van der Waals surface area contributed by atoms with Crippen LogP contribution in [-0.4, -0.2) is 11.6 Å². The van der Waals surface area contributed by atoms with E-state index in [4.69, 9.17) is 0 Å². The Hall–Kier alpha value is -2.22. The molecule has 1 aliphatic rings. The van der Waals surface area contributed by atoms with Crippen molar-refractivity contribution in [3.63, 3.8) is 0 Å². The monoisotopic (exact) mass is 268 g/mol. The standard InChI is InChI=1S/C18H20O2/c1-6-10-11-15-16(12(5)7-2)18(20)14(9-4)13(8-3)17(15)19/h6,8-11H,3-4,7H2,1-2,5H3/b10-6-,15-11+,16-12-. The summed E-state index contributed by atoms with van der Waals surface area (Å²) in [4.78, 5) is 25.1. The van der Waals surface area contributed by atoms with Gasteiger partial charge in [-0.15, -0.1) is 0 Å². The van der Waals surface area contributed by atoms with Gasteiger partial charge in [-0.3, -0.25) is 9.59 Å². The Labute approximate surface area is 120 Å². The van der Waals surface area contributed by atoms with Crippen LogP contribution in [0.25, 0.3) is 0 Å². The second-order valence-electron chi connectivity index (χ2n) is 4.51. The van der Waals surface area contributed by atoms with E-state index in [2.05, 4.69) is 13.2 Å². The summed E-state index contributed by atoms with van der Waals surface area (Å²) in [6.07, 6.45) is 8.87. The molecule has 2 heteroatoms. The molecular formula is C18H20O2. The van der Waals surface area contributed by atoms with Crippen LogP contribution >= 0.6 is 0 Å². The van der Waals surface area contributed by atoms with Crippen LogP contribution in [0.15, 0.2) is 71.4 Å². The van der Waals surface area contributed by atoms with Crippen molar-refractivity contribution in [1.29, 1.82) is 0 Å². The van der Waals surface area contributed by atoms with Gasteiger partial charge in [0, 0.05) is 22.3 Å². The fourth-order valence-electron chi connectivity index (χ4n) is 2.12. The summed E-state index contributed by atoms with van der Waals surface area (Å²) >= 11 is 0. The van der Waals surface area contributed by atoms with Crippen LogP contribution in [0, 0.1) is 0 Å². The minimum Gasteiger partial charge on any atom is -0.289 e. The third-order valence-electron chi connectivity index (χ3n) is 3.34. The predicted octanol–water partition coefficient (Wildman–Crippen LogP) is 4.04. The first-order valence-electron chi connectivity index (χ1n) is 6.65. The molecule has 0 amide bonds. The Balaban J connectivity index is 3.72. The lowest BCUT2D eigenvalue weighted by Crippen LogP contribution is -2.24. The lowest BCUT2D eigenvalue weighted by atomic mass is 9.79. The smallest absolute Gasteiger partial charge is 0.194 e. The van der Waals surface area contributed by atoms with Gasteiger partial charge >= 0.3 is 0 Å². The van der Waals surface area contributed by atoms with Crippen molar-refractivity contribution >= 4 is 11.6 Å². The van der Waals surface area contributed by atoms with Gasteiger partial charge in [0.15, 0.2) is 11.6 Å². The molecule has 2 nitrogen and oxygen atoms in total. The third-order valence-corrected chi connectivity index (χ3v) is 3.34. The highest BCUT2D eigenvalue weighted by atomic mass is 16.1. The molecule has 0 aromatic rings. The van der Waals surface area contributed by atoms with Crippen molar-refractivity contribution in [1.82, 2.24) is 0 Å². The quantitative estimate of drug-likeness (QED) is 0.721.